The highest BCUT2D eigenvalue weighted by atomic mass is 19.1. The van der Waals surface area contributed by atoms with E-state index in [4.69, 9.17) is 5.11 Å². The lowest BCUT2D eigenvalue weighted by atomic mass is 10.2. The number of nitrogens with one attached hydrogen (secondary N) is 1. The number of amides is 2. The first-order chi connectivity index (χ1) is 9.38. The average molecular weight is 286 g/mol. The minimum Gasteiger partial charge on any atom is -0.480 e. The molecule has 0 bridgehead atoms. The van der Waals surface area contributed by atoms with E-state index in [9.17, 15) is 23.5 Å². The van der Waals surface area contributed by atoms with Crippen molar-refractivity contribution in [1.82, 2.24) is 4.90 Å². The molecular formula is C12H12F2N2O4. The fourth-order valence-electron chi connectivity index (χ4n) is 2.05. The van der Waals surface area contributed by atoms with Gasteiger partial charge in [0.05, 0.1) is 11.8 Å². The number of carbonyl (C=O) groups excluding carboxylic acids is 1. The number of carboxylic acids is 1. The van der Waals surface area contributed by atoms with Crippen molar-refractivity contribution in [2.45, 2.75) is 18.6 Å². The molecule has 1 heterocycles. The van der Waals surface area contributed by atoms with Gasteiger partial charge in [0, 0.05) is 19.0 Å². The van der Waals surface area contributed by atoms with E-state index in [1.807, 2.05) is 0 Å². The summed E-state index contributed by atoms with van der Waals surface area (Å²) in [6.45, 7) is -0.161. The Bertz CT molecular complexity index is 552. The number of rotatable bonds is 2. The molecule has 2 rings (SSSR count). The molecule has 2 atom stereocenters. The Morgan fingerprint density at radius 2 is 2.05 bits per heavy atom. The number of β-amino-alcohol motifs (C(OH)–C–C–N with tert-alkyl or cyclic N) is 1. The molecule has 0 radical (unpaired) electrons. The van der Waals surface area contributed by atoms with Crippen LogP contribution >= 0.6 is 0 Å². The van der Waals surface area contributed by atoms with Crippen LogP contribution in [0.5, 0.6) is 0 Å². The lowest BCUT2D eigenvalue weighted by Gasteiger charge is -2.21. The summed E-state index contributed by atoms with van der Waals surface area (Å²) in [5, 5.41) is 20.5. The van der Waals surface area contributed by atoms with Crippen molar-refractivity contribution >= 4 is 17.7 Å². The summed E-state index contributed by atoms with van der Waals surface area (Å²) in [7, 11) is 0. The summed E-state index contributed by atoms with van der Waals surface area (Å²) in [6, 6.07) is 0.563. The first kappa shape index (κ1) is 14.2. The third kappa shape index (κ3) is 2.85. The van der Waals surface area contributed by atoms with Gasteiger partial charge in [-0.2, -0.15) is 0 Å². The molecule has 0 saturated carbocycles. The molecule has 0 unspecified atom stereocenters. The molecule has 6 nitrogen and oxygen atoms in total. The predicted octanol–water partition coefficient (Wildman–Crippen LogP) is 1.02. The molecule has 1 aliphatic rings. The number of hydrogen-bond donors (Lipinski definition) is 3. The second-order valence-corrected chi connectivity index (χ2v) is 4.45. The van der Waals surface area contributed by atoms with Gasteiger partial charge in [-0.05, 0) is 12.1 Å². The first-order valence-electron chi connectivity index (χ1n) is 5.82. The molecule has 3 N–H and O–H groups in total. The molecule has 1 fully saturated rings. The minimum atomic E-state index is -1.25. The lowest BCUT2D eigenvalue weighted by Crippen LogP contribution is -2.43. The number of urea groups is 1. The van der Waals surface area contributed by atoms with Gasteiger partial charge in [0.1, 0.15) is 17.7 Å². The molecule has 8 heteroatoms. The largest absolute Gasteiger partial charge is 0.480 e. The third-order valence-electron chi connectivity index (χ3n) is 3.00. The Kier molecular flexibility index (Phi) is 3.84. The van der Waals surface area contributed by atoms with Crippen LogP contribution in [0.3, 0.4) is 0 Å². The van der Waals surface area contributed by atoms with Crippen molar-refractivity contribution in [3.8, 4) is 0 Å². The standard InChI is InChI=1S/C12H12F2N2O4/c13-6-1-2-9(8(14)3-6)15-12(20)16-5-7(17)4-10(16)11(18)19/h1-3,7,10,17H,4-5H2,(H,15,20)(H,18,19)/t7-,10-/m1/s1. The summed E-state index contributed by atoms with van der Waals surface area (Å²) in [4.78, 5) is 23.8. The molecule has 0 aromatic heterocycles. The first-order valence-corrected chi connectivity index (χ1v) is 5.82. The molecule has 20 heavy (non-hydrogen) atoms. The number of aliphatic hydroxyl groups excluding tert-OH is 1. The van der Waals surface area contributed by atoms with E-state index in [1.54, 1.807) is 0 Å². The molecule has 0 spiro atoms. The topological polar surface area (TPSA) is 89.9 Å². The number of anilines is 1. The average Bonchev–Trinajstić information content (AvgIpc) is 2.75. The molecule has 0 aliphatic carbocycles. The quantitative estimate of drug-likeness (QED) is 0.757. The second kappa shape index (κ2) is 5.41. The zero-order valence-corrected chi connectivity index (χ0v) is 10.2. The number of nitrogens with zero attached hydrogens (tertiary/aromatic N) is 1. The number of aliphatic hydroxyl groups is 1. The maximum absolute atomic E-state index is 13.4. The number of likely N-dealkylation sites (tertiary alicyclic amines) is 1. The SMILES string of the molecule is O=C(O)[C@H]1C[C@@H](O)CN1C(=O)Nc1ccc(F)cc1F. The summed E-state index contributed by atoms with van der Waals surface area (Å²) < 4.78 is 26.1. The molecule has 1 saturated heterocycles. The van der Waals surface area contributed by atoms with E-state index in [-0.39, 0.29) is 18.7 Å². The van der Waals surface area contributed by atoms with Crippen molar-refractivity contribution in [1.29, 1.82) is 0 Å². The number of hydrogen-bond acceptors (Lipinski definition) is 3. The Morgan fingerprint density at radius 3 is 2.65 bits per heavy atom. The van der Waals surface area contributed by atoms with Gasteiger partial charge in [0.15, 0.2) is 0 Å². The lowest BCUT2D eigenvalue weighted by molar-refractivity contribution is -0.141. The van der Waals surface area contributed by atoms with Crippen molar-refractivity contribution < 1.29 is 28.6 Å². The van der Waals surface area contributed by atoms with Crippen LogP contribution in [-0.2, 0) is 4.79 Å². The van der Waals surface area contributed by atoms with Gasteiger partial charge in [0.25, 0.3) is 0 Å². The van der Waals surface area contributed by atoms with Crippen LogP contribution in [0.25, 0.3) is 0 Å². The number of carboxylic acid groups (broad SMARTS) is 1. The van der Waals surface area contributed by atoms with Gasteiger partial charge in [-0.15, -0.1) is 0 Å². The molecule has 108 valence electrons. The molecule has 1 aliphatic heterocycles. The fourth-order valence-corrected chi connectivity index (χ4v) is 2.05. The van der Waals surface area contributed by atoms with E-state index in [2.05, 4.69) is 5.32 Å². The minimum absolute atomic E-state index is 0.0886. The zero-order chi connectivity index (χ0) is 14.9. The van der Waals surface area contributed by atoms with E-state index in [0.29, 0.717) is 6.07 Å². The molecule has 1 aromatic rings. The normalized spacial score (nSPS) is 21.9. The third-order valence-corrected chi connectivity index (χ3v) is 3.00. The van der Waals surface area contributed by atoms with Crippen LogP contribution in [-0.4, -0.2) is 45.8 Å². The van der Waals surface area contributed by atoms with Crippen molar-refractivity contribution in [2.24, 2.45) is 0 Å². The van der Waals surface area contributed by atoms with Crippen LogP contribution in [0.4, 0.5) is 19.3 Å². The fraction of sp³-hybridized carbons (Fsp3) is 0.333. The van der Waals surface area contributed by atoms with Crippen LogP contribution in [0.1, 0.15) is 6.42 Å². The number of benzene rings is 1. The Balaban J connectivity index is 2.13. The van der Waals surface area contributed by atoms with Crippen molar-refractivity contribution in [3.63, 3.8) is 0 Å². The van der Waals surface area contributed by atoms with E-state index < -0.39 is 35.8 Å². The predicted molar refractivity (Wildman–Crippen MR) is 64.1 cm³/mol. The van der Waals surface area contributed by atoms with E-state index in [0.717, 1.165) is 17.0 Å². The van der Waals surface area contributed by atoms with Gasteiger partial charge < -0.3 is 20.4 Å². The highest BCUT2D eigenvalue weighted by Crippen LogP contribution is 2.21. The van der Waals surface area contributed by atoms with Crippen LogP contribution in [0.2, 0.25) is 0 Å². The van der Waals surface area contributed by atoms with Crippen LogP contribution in [0.15, 0.2) is 18.2 Å². The Morgan fingerprint density at radius 1 is 1.35 bits per heavy atom. The number of carbonyl (C=O) groups is 2. The van der Waals surface area contributed by atoms with Crippen molar-refractivity contribution in [2.75, 3.05) is 11.9 Å². The number of aliphatic carboxylic acids is 1. The highest BCUT2D eigenvalue weighted by molar-refractivity contribution is 5.92. The maximum Gasteiger partial charge on any atom is 0.326 e. The van der Waals surface area contributed by atoms with E-state index >= 15 is 0 Å². The monoisotopic (exact) mass is 286 g/mol. The highest BCUT2D eigenvalue weighted by Gasteiger charge is 2.39. The van der Waals surface area contributed by atoms with Gasteiger partial charge in [-0.1, -0.05) is 0 Å². The summed E-state index contributed by atoms with van der Waals surface area (Å²) in [6.07, 6.45) is -1.03. The number of halogens is 2. The zero-order valence-electron chi connectivity index (χ0n) is 10.2. The van der Waals surface area contributed by atoms with Gasteiger partial charge in [0.2, 0.25) is 0 Å². The summed E-state index contributed by atoms with van der Waals surface area (Å²) in [5.74, 6) is -3.01. The van der Waals surface area contributed by atoms with Crippen LogP contribution < -0.4 is 5.32 Å². The van der Waals surface area contributed by atoms with Gasteiger partial charge >= 0.3 is 12.0 Å². The van der Waals surface area contributed by atoms with Crippen molar-refractivity contribution in [3.05, 3.63) is 29.8 Å². The summed E-state index contributed by atoms with van der Waals surface area (Å²) in [5.41, 5.74) is -0.262. The smallest absolute Gasteiger partial charge is 0.326 e. The van der Waals surface area contributed by atoms with Gasteiger partial charge in [-0.25, -0.2) is 18.4 Å². The molecular weight excluding hydrogens is 274 g/mol. The molecule has 1 aromatic carbocycles. The van der Waals surface area contributed by atoms with Gasteiger partial charge in [-0.3, -0.25) is 0 Å². The van der Waals surface area contributed by atoms with Crippen LogP contribution in [0, 0.1) is 11.6 Å². The molecule has 2 amide bonds. The van der Waals surface area contributed by atoms with E-state index in [1.165, 1.54) is 0 Å². The second-order valence-electron chi connectivity index (χ2n) is 4.45. The Hall–Kier alpha value is -2.22. The summed E-state index contributed by atoms with van der Waals surface area (Å²) >= 11 is 0. The maximum atomic E-state index is 13.4. The Labute approximate surface area is 112 Å².